The zero-order valence-electron chi connectivity index (χ0n) is 19.6. The third kappa shape index (κ3) is 8.77. The molecule has 0 saturated heterocycles. The van der Waals surface area contributed by atoms with Crippen molar-refractivity contribution >= 4 is 5.91 Å². The SMILES string of the molecule is COc1cc(OCCCCC(=O)NCc2ccc(C)cc2)cc(OC)c1CNC[C@@H](C)O. The summed E-state index contributed by atoms with van der Waals surface area (Å²) in [4.78, 5) is 12.0. The van der Waals surface area contributed by atoms with Gasteiger partial charge in [-0.25, -0.2) is 0 Å². The van der Waals surface area contributed by atoms with Crippen molar-refractivity contribution < 1.29 is 24.1 Å². The van der Waals surface area contributed by atoms with Gasteiger partial charge in [0, 0.05) is 38.2 Å². The van der Waals surface area contributed by atoms with E-state index in [2.05, 4.69) is 10.6 Å². The molecule has 0 aliphatic heterocycles. The first kappa shape index (κ1) is 25.5. The molecule has 2 aromatic rings. The number of ether oxygens (including phenoxy) is 3. The molecule has 0 aliphatic carbocycles. The fourth-order valence-corrected chi connectivity index (χ4v) is 3.20. The summed E-state index contributed by atoms with van der Waals surface area (Å²) >= 11 is 0. The number of carbonyl (C=O) groups excluding carboxylic acids is 1. The highest BCUT2D eigenvalue weighted by Gasteiger charge is 2.13. The summed E-state index contributed by atoms with van der Waals surface area (Å²) < 4.78 is 16.9. The number of aryl methyl sites for hydroxylation is 1. The molecule has 32 heavy (non-hydrogen) atoms. The largest absolute Gasteiger partial charge is 0.496 e. The molecule has 0 radical (unpaired) electrons. The fourth-order valence-electron chi connectivity index (χ4n) is 3.20. The first-order chi connectivity index (χ1) is 15.4. The molecule has 7 nitrogen and oxygen atoms in total. The van der Waals surface area contributed by atoms with Gasteiger partial charge in [0.15, 0.2) is 0 Å². The molecule has 0 heterocycles. The van der Waals surface area contributed by atoms with Crippen molar-refractivity contribution in [3.8, 4) is 17.2 Å². The number of benzene rings is 2. The van der Waals surface area contributed by atoms with Gasteiger partial charge < -0.3 is 30.0 Å². The molecule has 0 aliphatic rings. The van der Waals surface area contributed by atoms with E-state index >= 15 is 0 Å². The van der Waals surface area contributed by atoms with Crippen LogP contribution in [-0.4, -0.2) is 44.5 Å². The van der Waals surface area contributed by atoms with Crippen molar-refractivity contribution in [3.05, 3.63) is 53.1 Å². The zero-order chi connectivity index (χ0) is 23.3. The van der Waals surface area contributed by atoms with Gasteiger partial charge in [0.05, 0.1) is 32.5 Å². The van der Waals surface area contributed by atoms with E-state index in [1.165, 1.54) is 5.56 Å². The Labute approximate surface area is 191 Å². The van der Waals surface area contributed by atoms with Crippen LogP contribution in [0.5, 0.6) is 17.2 Å². The minimum absolute atomic E-state index is 0.0444. The molecule has 1 amide bonds. The molecule has 0 bridgehead atoms. The first-order valence-corrected chi connectivity index (χ1v) is 11.0. The van der Waals surface area contributed by atoms with Crippen LogP contribution in [0.3, 0.4) is 0 Å². The molecule has 7 heteroatoms. The van der Waals surface area contributed by atoms with Gasteiger partial charge in [-0.3, -0.25) is 4.79 Å². The Hall–Kier alpha value is -2.77. The maximum Gasteiger partial charge on any atom is 0.220 e. The Morgan fingerprint density at radius 3 is 2.28 bits per heavy atom. The van der Waals surface area contributed by atoms with Crippen LogP contribution < -0.4 is 24.8 Å². The Kier molecular flexibility index (Phi) is 10.8. The maximum absolute atomic E-state index is 12.0. The molecular weight excluding hydrogens is 408 g/mol. The fraction of sp³-hybridized carbons (Fsp3) is 0.480. The smallest absolute Gasteiger partial charge is 0.220 e. The highest BCUT2D eigenvalue weighted by atomic mass is 16.5. The maximum atomic E-state index is 12.0. The van der Waals surface area contributed by atoms with E-state index in [1.54, 1.807) is 21.1 Å². The molecule has 2 rings (SSSR count). The highest BCUT2D eigenvalue weighted by Crippen LogP contribution is 2.34. The topological polar surface area (TPSA) is 89.1 Å². The molecule has 3 N–H and O–H groups in total. The lowest BCUT2D eigenvalue weighted by Gasteiger charge is -2.17. The summed E-state index contributed by atoms with van der Waals surface area (Å²) in [5.41, 5.74) is 3.17. The minimum Gasteiger partial charge on any atom is -0.496 e. The van der Waals surface area contributed by atoms with Gasteiger partial charge in [0.2, 0.25) is 5.91 Å². The van der Waals surface area contributed by atoms with Gasteiger partial charge in [-0.1, -0.05) is 29.8 Å². The predicted molar refractivity (Wildman–Crippen MR) is 125 cm³/mol. The van der Waals surface area contributed by atoms with E-state index in [4.69, 9.17) is 14.2 Å². The van der Waals surface area contributed by atoms with Crippen LogP contribution in [0.25, 0.3) is 0 Å². The Balaban J connectivity index is 1.75. The van der Waals surface area contributed by atoms with Gasteiger partial charge in [-0.15, -0.1) is 0 Å². The Morgan fingerprint density at radius 2 is 1.69 bits per heavy atom. The van der Waals surface area contributed by atoms with Crippen molar-refractivity contribution in [2.75, 3.05) is 27.4 Å². The van der Waals surface area contributed by atoms with Crippen molar-refractivity contribution in [2.24, 2.45) is 0 Å². The number of aliphatic hydroxyl groups excluding tert-OH is 1. The highest BCUT2D eigenvalue weighted by molar-refractivity contribution is 5.75. The molecule has 2 aromatic carbocycles. The molecule has 0 unspecified atom stereocenters. The zero-order valence-corrected chi connectivity index (χ0v) is 19.6. The quantitative estimate of drug-likeness (QED) is 0.387. The Morgan fingerprint density at radius 1 is 1.03 bits per heavy atom. The summed E-state index contributed by atoms with van der Waals surface area (Å²) in [6, 6.07) is 11.8. The second kappa shape index (κ2) is 13.6. The van der Waals surface area contributed by atoms with Crippen LogP contribution in [0.15, 0.2) is 36.4 Å². The summed E-state index contributed by atoms with van der Waals surface area (Å²) in [5, 5.41) is 15.6. The summed E-state index contributed by atoms with van der Waals surface area (Å²) in [7, 11) is 3.21. The van der Waals surface area contributed by atoms with Gasteiger partial charge in [0.25, 0.3) is 0 Å². The molecule has 0 spiro atoms. The van der Waals surface area contributed by atoms with E-state index < -0.39 is 6.10 Å². The number of methoxy groups -OCH3 is 2. The number of hydrogen-bond donors (Lipinski definition) is 3. The van der Waals surface area contributed by atoms with Crippen molar-refractivity contribution in [1.82, 2.24) is 10.6 Å². The number of unbranched alkanes of at least 4 members (excludes halogenated alkanes) is 1. The van der Waals surface area contributed by atoms with Crippen LogP contribution in [0.2, 0.25) is 0 Å². The van der Waals surface area contributed by atoms with E-state index in [-0.39, 0.29) is 5.91 Å². The van der Waals surface area contributed by atoms with Crippen LogP contribution in [0.4, 0.5) is 0 Å². The standard InChI is InChI=1S/C25H36N2O5/c1-18-8-10-20(11-9-18)16-27-25(29)7-5-6-12-32-21-13-23(30-3)22(24(14-21)31-4)17-26-15-19(2)28/h8-11,13-14,19,26,28H,5-7,12,15-17H2,1-4H3,(H,27,29)/t19-/m1/s1. The van der Waals surface area contributed by atoms with Crippen LogP contribution >= 0.6 is 0 Å². The van der Waals surface area contributed by atoms with Crippen molar-refractivity contribution in [2.45, 2.75) is 52.3 Å². The number of amides is 1. The number of hydrogen-bond acceptors (Lipinski definition) is 6. The molecule has 176 valence electrons. The number of nitrogens with one attached hydrogen (secondary N) is 2. The lowest BCUT2D eigenvalue weighted by molar-refractivity contribution is -0.121. The minimum atomic E-state index is -0.431. The molecular formula is C25H36N2O5. The van der Waals surface area contributed by atoms with E-state index in [0.29, 0.717) is 49.9 Å². The Bertz CT molecular complexity index is 812. The first-order valence-electron chi connectivity index (χ1n) is 11.0. The van der Waals surface area contributed by atoms with Gasteiger partial charge in [-0.2, -0.15) is 0 Å². The third-order valence-electron chi connectivity index (χ3n) is 5.00. The average molecular weight is 445 g/mol. The van der Waals surface area contributed by atoms with Gasteiger partial charge in [0.1, 0.15) is 17.2 Å². The van der Waals surface area contributed by atoms with Gasteiger partial charge in [-0.05, 0) is 32.3 Å². The second-order valence-corrected chi connectivity index (χ2v) is 7.85. The lowest BCUT2D eigenvalue weighted by atomic mass is 10.1. The van der Waals surface area contributed by atoms with Crippen LogP contribution in [-0.2, 0) is 17.9 Å². The average Bonchev–Trinajstić information content (AvgIpc) is 2.78. The lowest BCUT2D eigenvalue weighted by Crippen LogP contribution is -2.24. The summed E-state index contributed by atoms with van der Waals surface area (Å²) in [5.74, 6) is 2.02. The summed E-state index contributed by atoms with van der Waals surface area (Å²) in [6.45, 7) is 5.80. The van der Waals surface area contributed by atoms with Crippen molar-refractivity contribution in [3.63, 3.8) is 0 Å². The second-order valence-electron chi connectivity index (χ2n) is 7.85. The van der Waals surface area contributed by atoms with E-state index in [9.17, 15) is 9.90 Å². The monoisotopic (exact) mass is 444 g/mol. The number of rotatable bonds is 14. The molecule has 1 atom stereocenters. The van der Waals surface area contributed by atoms with Crippen LogP contribution in [0, 0.1) is 6.92 Å². The number of carbonyl (C=O) groups is 1. The molecule has 0 aromatic heterocycles. The molecule has 0 saturated carbocycles. The van der Waals surface area contributed by atoms with E-state index in [0.717, 1.165) is 24.0 Å². The predicted octanol–water partition coefficient (Wildman–Crippen LogP) is 3.35. The normalized spacial score (nSPS) is 11.7. The number of aliphatic hydroxyl groups is 1. The van der Waals surface area contributed by atoms with Crippen molar-refractivity contribution in [1.29, 1.82) is 0 Å². The van der Waals surface area contributed by atoms with E-state index in [1.807, 2.05) is 43.3 Å². The summed E-state index contributed by atoms with van der Waals surface area (Å²) in [6.07, 6.45) is 1.55. The van der Waals surface area contributed by atoms with Gasteiger partial charge >= 0.3 is 0 Å². The van der Waals surface area contributed by atoms with Crippen LogP contribution in [0.1, 0.15) is 42.9 Å². The molecule has 0 fully saturated rings. The third-order valence-corrected chi connectivity index (χ3v) is 5.00.